The molecule has 0 saturated heterocycles. The summed E-state index contributed by atoms with van der Waals surface area (Å²) in [6.45, 7) is 3.62. The Morgan fingerprint density at radius 2 is 1.90 bits per heavy atom. The summed E-state index contributed by atoms with van der Waals surface area (Å²) in [7, 11) is 0. The fourth-order valence-electron chi connectivity index (χ4n) is 2.60. The molecule has 0 spiro atoms. The van der Waals surface area contributed by atoms with E-state index in [9.17, 15) is 18.0 Å². The lowest BCUT2D eigenvalue weighted by molar-refractivity contribution is -0.138. The van der Waals surface area contributed by atoms with E-state index in [1.807, 2.05) is 0 Å². The number of para-hydroxylation sites is 1. The standard InChI is InChI=1S/C21H17F3N2O2S/c1-2-11-25-19(27)17-13-29-20(26-17)15-8-4-6-10-18(15)28-12-14-7-3-5-9-16(14)21(22,23)24/h2-10,13H,1,11-12H2,(H,25,27). The smallest absolute Gasteiger partial charge is 0.416 e. The number of nitrogens with zero attached hydrogens (tertiary/aromatic N) is 1. The number of halogens is 3. The second kappa shape index (κ2) is 8.91. The molecule has 2 aromatic carbocycles. The summed E-state index contributed by atoms with van der Waals surface area (Å²) in [5.74, 6) is 0.0572. The fourth-order valence-corrected chi connectivity index (χ4v) is 3.43. The topological polar surface area (TPSA) is 51.2 Å². The predicted molar refractivity (Wildman–Crippen MR) is 106 cm³/mol. The van der Waals surface area contributed by atoms with Crippen molar-refractivity contribution >= 4 is 17.2 Å². The molecule has 1 N–H and O–H groups in total. The Hall–Kier alpha value is -3.13. The first-order valence-electron chi connectivity index (χ1n) is 8.62. The van der Waals surface area contributed by atoms with Gasteiger partial charge in [0.05, 0.1) is 11.1 Å². The molecule has 0 saturated carbocycles. The monoisotopic (exact) mass is 418 g/mol. The van der Waals surface area contributed by atoms with Gasteiger partial charge in [-0.15, -0.1) is 17.9 Å². The van der Waals surface area contributed by atoms with Gasteiger partial charge in [-0.1, -0.05) is 36.4 Å². The maximum atomic E-state index is 13.2. The highest BCUT2D eigenvalue weighted by Crippen LogP contribution is 2.35. The molecule has 8 heteroatoms. The quantitative estimate of drug-likeness (QED) is 0.528. The molecule has 0 bridgehead atoms. The minimum Gasteiger partial charge on any atom is -0.488 e. The maximum Gasteiger partial charge on any atom is 0.416 e. The summed E-state index contributed by atoms with van der Waals surface area (Å²) >= 11 is 1.25. The first-order valence-corrected chi connectivity index (χ1v) is 9.50. The van der Waals surface area contributed by atoms with Crippen LogP contribution in [0.3, 0.4) is 0 Å². The van der Waals surface area contributed by atoms with E-state index in [0.29, 0.717) is 22.9 Å². The van der Waals surface area contributed by atoms with Crippen LogP contribution in [0.25, 0.3) is 10.6 Å². The lowest BCUT2D eigenvalue weighted by Gasteiger charge is -2.14. The Bertz CT molecular complexity index is 1010. The zero-order chi connectivity index (χ0) is 20.9. The van der Waals surface area contributed by atoms with E-state index in [2.05, 4.69) is 16.9 Å². The zero-order valence-corrected chi connectivity index (χ0v) is 16.0. The van der Waals surface area contributed by atoms with Crippen molar-refractivity contribution in [1.29, 1.82) is 0 Å². The second-order valence-electron chi connectivity index (χ2n) is 5.98. The van der Waals surface area contributed by atoms with Crippen LogP contribution in [0.4, 0.5) is 13.2 Å². The lowest BCUT2D eigenvalue weighted by atomic mass is 10.1. The first-order chi connectivity index (χ1) is 13.9. The van der Waals surface area contributed by atoms with Crippen LogP contribution in [0, 0.1) is 0 Å². The minimum atomic E-state index is -4.46. The molecule has 3 rings (SSSR count). The highest BCUT2D eigenvalue weighted by Gasteiger charge is 2.33. The molecule has 3 aromatic rings. The molecular weight excluding hydrogens is 401 g/mol. The van der Waals surface area contributed by atoms with E-state index < -0.39 is 11.7 Å². The Morgan fingerprint density at radius 1 is 1.17 bits per heavy atom. The summed E-state index contributed by atoms with van der Waals surface area (Å²) in [4.78, 5) is 16.3. The molecule has 0 unspecified atom stereocenters. The van der Waals surface area contributed by atoms with Crippen molar-refractivity contribution in [2.24, 2.45) is 0 Å². The lowest BCUT2D eigenvalue weighted by Crippen LogP contribution is -2.23. The molecule has 0 radical (unpaired) electrons. The van der Waals surface area contributed by atoms with Crippen LogP contribution in [-0.4, -0.2) is 17.4 Å². The molecule has 1 amide bonds. The summed E-state index contributed by atoms with van der Waals surface area (Å²) in [5, 5.41) is 4.79. The molecule has 1 aromatic heterocycles. The third kappa shape index (κ3) is 5.03. The number of carbonyl (C=O) groups excluding carboxylic acids is 1. The van der Waals surface area contributed by atoms with Gasteiger partial charge in [0.15, 0.2) is 0 Å². The van der Waals surface area contributed by atoms with Crippen LogP contribution in [0.15, 0.2) is 66.6 Å². The van der Waals surface area contributed by atoms with Crippen molar-refractivity contribution in [3.63, 3.8) is 0 Å². The van der Waals surface area contributed by atoms with Gasteiger partial charge >= 0.3 is 6.18 Å². The van der Waals surface area contributed by atoms with Crippen LogP contribution in [0.5, 0.6) is 5.75 Å². The van der Waals surface area contributed by atoms with Crippen LogP contribution in [-0.2, 0) is 12.8 Å². The summed E-state index contributed by atoms with van der Waals surface area (Å²) in [6, 6.07) is 12.2. The number of aromatic nitrogens is 1. The van der Waals surface area contributed by atoms with Crippen molar-refractivity contribution < 1.29 is 22.7 Å². The number of alkyl halides is 3. The van der Waals surface area contributed by atoms with Gasteiger partial charge in [-0.3, -0.25) is 4.79 Å². The Morgan fingerprint density at radius 3 is 2.66 bits per heavy atom. The van der Waals surface area contributed by atoms with Crippen molar-refractivity contribution in [3.8, 4) is 16.3 Å². The number of amides is 1. The molecule has 0 aliphatic carbocycles. The van der Waals surface area contributed by atoms with E-state index in [-0.39, 0.29) is 23.8 Å². The summed E-state index contributed by atoms with van der Waals surface area (Å²) in [5.41, 5.74) is 0.167. The van der Waals surface area contributed by atoms with Crippen molar-refractivity contribution in [2.75, 3.05) is 6.54 Å². The van der Waals surface area contributed by atoms with E-state index >= 15 is 0 Å². The number of ether oxygens (including phenoxy) is 1. The highest BCUT2D eigenvalue weighted by atomic mass is 32.1. The predicted octanol–water partition coefficient (Wildman–Crippen LogP) is 5.32. The third-order valence-electron chi connectivity index (χ3n) is 3.97. The molecule has 29 heavy (non-hydrogen) atoms. The third-order valence-corrected chi connectivity index (χ3v) is 4.84. The minimum absolute atomic E-state index is 0.0402. The first kappa shape index (κ1) is 20.6. The zero-order valence-electron chi connectivity index (χ0n) is 15.2. The molecule has 0 aliphatic heterocycles. The number of hydrogen-bond acceptors (Lipinski definition) is 4. The van der Waals surface area contributed by atoms with Crippen LogP contribution in [0.1, 0.15) is 21.6 Å². The number of hydrogen-bond donors (Lipinski definition) is 1. The van der Waals surface area contributed by atoms with E-state index in [1.54, 1.807) is 35.7 Å². The van der Waals surface area contributed by atoms with Gasteiger partial charge in [-0.05, 0) is 18.2 Å². The van der Waals surface area contributed by atoms with Crippen LogP contribution >= 0.6 is 11.3 Å². The molecule has 4 nitrogen and oxygen atoms in total. The fraction of sp³-hybridized carbons (Fsp3) is 0.143. The van der Waals surface area contributed by atoms with Gasteiger partial charge in [-0.25, -0.2) is 4.98 Å². The van der Waals surface area contributed by atoms with E-state index in [1.165, 1.54) is 29.5 Å². The molecule has 0 fully saturated rings. The van der Waals surface area contributed by atoms with E-state index in [0.717, 1.165) is 6.07 Å². The number of carbonyl (C=O) groups is 1. The van der Waals surface area contributed by atoms with Crippen LogP contribution in [0.2, 0.25) is 0 Å². The maximum absolute atomic E-state index is 13.2. The number of rotatable bonds is 7. The Balaban J connectivity index is 1.82. The van der Waals surface area contributed by atoms with Crippen molar-refractivity contribution in [1.82, 2.24) is 10.3 Å². The number of nitrogens with one attached hydrogen (secondary N) is 1. The number of thiazole rings is 1. The van der Waals surface area contributed by atoms with Gasteiger partial charge in [0.1, 0.15) is 23.1 Å². The average Bonchev–Trinajstić information content (AvgIpc) is 3.20. The number of benzene rings is 2. The largest absolute Gasteiger partial charge is 0.488 e. The van der Waals surface area contributed by atoms with Gasteiger partial charge < -0.3 is 10.1 Å². The molecule has 0 aliphatic rings. The van der Waals surface area contributed by atoms with Gasteiger partial charge in [0, 0.05) is 17.5 Å². The summed E-state index contributed by atoms with van der Waals surface area (Å²) in [6.07, 6.45) is -2.89. The van der Waals surface area contributed by atoms with Crippen molar-refractivity contribution in [3.05, 3.63) is 83.4 Å². The van der Waals surface area contributed by atoms with Gasteiger partial charge in [0.2, 0.25) is 0 Å². The normalized spacial score (nSPS) is 11.1. The van der Waals surface area contributed by atoms with Gasteiger partial charge in [0.25, 0.3) is 5.91 Å². The molecule has 0 atom stereocenters. The summed E-state index contributed by atoms with van der Waals surface area (Å²) < 4.78 is 45.2. The highest BCUT2D eigenvalue weighted by molar-refractivity contribution is 7.13. The second-order valence-corrected chi connectivity index (χ2v) is 6.83. The van der Waals surface area contributed by atoms with Crippen LogP contribution < -0.4 is 10.1 Å². The molecule has 150 valence electrons. The van der Waals surface area contributed by atoms with Crippen molar-refractivity contribution in [2.45, 2.75) is 12.8 Å². The molecular formula is C21H17F3N2O2S. The average molecular weight is 418 g/mol. The molecule has 1 heterocycles. The SMILES string of the molecule is C=CCNC(=O)c1csc(-c2ccccc2OCc2ccccc2C(F)(F)F)n1. The van der Waals surface area contributed by atoms with E-state index in [4.69, 9.17) is 4.74 Å². The Kier molecular flexibility index (Phi) is 6.33. The Labute approximate surface area is 169 Å². The van der Waals surface area contributed by atoms with Gasteiger partial charge in [-0.2, -0.15) is 13.2 Å².